The lowest BCUT2D eigenvalue weighted by atomic mass is 9.77. The lowest BCUT2D eigenvalue weighted by molar-refractivity contribution is -0.126. The largest absolute Gasteiger partial charge is 0.355 e. The van der Waals surface area contributed by atoms with Gasteiger partial charge in [-0.05, 0) is 61.7 Å². The number of nitrogens with one attached hydrogen (secondary N) is 2. The predicted octanol–water partition coefficient (Wildman–Crippen LogP) is 4.16. The van der Waals surface area contributed by atoms with Crippen molar-refractivity contribution in [2.45, 2.75) is 63.7 Å². The van der Waals surface area contributed by atoms with E-state index in [1.54, 1.807) is 0 Å². The highest BCUT2D eigenvalue weighted by Crippen LogP contribution is 2.41. The van der Waals surface area contributed by atoms with Gasteiger partial charge >= 0.3 is 0 Å². The van der Waals surface area contributed by atoms with Crippen molar-refractivity contribution < 1.29 is 4.79 Å². The maximum atomic E-state index is 13.1. The quantitative estimate of drug-likeness (QED) is 0.823. The fourth-order valence-electron chi connectivity index (χ4n) is 4.32. The molecule has 1 heterocycles. The van der Waals surface area contributed by atoms with Crippen LogP contribution < -0.4 is 10.6 Å². The average molecular weight is 365 g/mol. The molecule has 1 aromatic carbocycles. The first-order valence-electron chi connectivity index (χ1n) is 9.71. The Kier molecular flexibility index (Phi) is 7.33. The topological polar surface area (TPSA) is 41.1 Å². The molecule has 2 N–H and O–H groups in total. The number of hydrogen-bond acceptors (Lipinski definition) is 2. The molecule has 25 heavy (non-hydrogen) atoms. The molecule has 2 fully saturated rings. The number of hydrogen-bond donors (Lipinski definition) is 2. The molecule has 1 amide bonds. The normalized spacial score (nSPS) is 22.4. The first-order valence-corrected chi connectivity index (χ1v) is 9.71. The lowest BCUT2D eigenvalue weighted by Gasteiger charge is -2.30. The summed E-state index contributed by atoms with van der Waals surface area (Å²) >= 11 is 0. The molecular formula is C21H33ClN2O. The van der Waals surface area contributed by atoms with Crippen LogP contribution in [0.3, 0.4) is 0 Å². The van der Waals surface area contributed by atoms with Crippen LogP contribution in [0.4, 0.5) is 0 Å². The van der Waals surface area contributed by atoms with Gasteiger partial charge in [0.2, 0.25) is 5.91 Å². The number of rotatable bonds is 5. The summed E-state index contributed by atoms with van der Waals surface area (Å²) in [7, 11) is 0. The maximum absolute atomic E-state index is 13.1. The van der Waals surface area contributed by atoms with Crippen molar-refractivity contribution in [3.8, 4) is 0 Å². The van der Waals surface area contributed by atoms with Crippen LogP contribution in [-0.2, 0) is 10.2 Å². The summed E-state index contributed by atoms with van der Waals surface area (Å²) in [4.78, 5) is 13.1. The molecule has 1 unspecified atom stereocenters. The van der Waals surface area contributed by atoms with Crippen LogP contribution >= 0.6 is 12.4 Å². The first-order chi connectivity index (χ1) is 11.6. The molecule has 1 aromatic rings. The molecule has 0 radical (unpaired) electrons. The van der Waals surface area contributed by atoms with Gasteiger partial charge in [0.1, 0.15) is 0 Å². The molecule has 1 aliphatic heterocycles. The lowest BCUT2D eigenvalue weighted by Crippen LogP contribution is -2.46. The Morgan fingerprint density at radius 3 is 2.44 bits per heavy atom. The van der Waals surface area contributed by atoms with Crippen LogP contribution in [0.2, 0.25) is 0 Å². The number of halogens is 1. The molecule has 1 atom stereocenters. The highest BCUT2D eigenvalue weighted by atomic mass is 35.5. The predicted molar refractivity (Wildman–Crippen MR) is 107 cm³/mol. The van der Waals surface area contributed by atoms with E-state index in [0.29, 0.717) is 11.8 Å². The van der Waals surface area contributed by atoms with Gasteiger partial charge in [-0.25, -0.2) is 0 Å². The SMILES string of the molecule is CC(C)c1ccc(C2(C(=O)NCC3CCCNC3)CCCC2)cc1.Cl. The molecule has 1 saturated heterocycles. The first kappa shape index (κ1) is 20.3. The summed E-state index contributed by atoms with van der Waals surface area (Å²) in [6, 6.07) is 8.81. The summed E-state index contributed by atoms with van der Waals surface area (Å²) in [6.07, 6.45) is 6.74. The second-order valence-electron chi connectivity index (χ2n) is 7.99. The third kappa shape index (κ3) is 4.57. The Balaban J connectivity index is 0.00000225. The second-order valence-corrected chi connectivity index (χ2v) is 7.99. The van der Waals surface area contributed by atoms with Crippen molar-refractivity contribution in [2.75, 3.05) is 19.6 Å². The van der Waals surface area contributed by atoms with Crippen molar-refractivity contribution in [2.24, 2.45) is 5.92 Å². The average Bonchev–Trinajstić information content (AvgIpc) is 3.12. The van der Waals surface area contributed by atoms with Gasteiger partial charge in [-0.15, -0.1) is 12.4 Å². The standard InChI is InChI=1S/C21H32N2O.ClH/c1-16(2)18-7-9-19(10-8-18)21(11-3-4-12-21)20(24)23-15-17-6-5-13-22-14-17;/h7-10,16-17,22H,3-6,11-15H2,1-2H3,(H,23,24);1H. The van der Waals surface area contributed by atoms with Crippen LogP contribution in [0.1, 0.15) is 69.4 Å². The molecule has 1 saturated carbocycles. The molecule has 3 nitrogen and oxygen atoms in total. The van der Waals surface area contributed by atoms with Gasteiger partial charge in [0.15, 0.2) is 0 Å². The molecule has 0 aromatic heterocycles. The van der Waals surface area contributed by atoms with E-state index in [1.807, 2.05) is 0 Å². The highest BCUT2D eigenvalue weighted by Gasteiger charge is 2.42. The molecule has 2 aliphatic rings. The van der Waals surface area contributed by atoms with Gasteiger partial charge in [-0.1, -0.05) is 51.0 Å². The van der Waals surface area contributed by atoms with Gasteiger partial charge in [-0.2, -0.15) is 0 Å². The van der Waals surface area contributed by atoms with Gasteiger partial charge in [0, 0.05) is 6.54 Å². The fourth-order valence-corrected chi connectivity index (χ4v) is 4.32. The van der Waals surface area contributed by atoms with Crippen LogP contribution in [0.25, 0.3) is 0 Å². The monoisotopic (exact) mass is 364 g/mol. The van der Waals surface area contributed by atoms with E-state index in [-0.39, 0.29) is 23.7 Å². The Hall–Kier alpha value is -1.06. The fraction of sp³-hybridized carbons (Fsp3) is 0.667. The Morgan fingerprint density at radius 1 is 1.20 bits per heavy atom. The van der Waals surface area contributed by atoms with Gasteiger partial charge in [-0.3, -0.25) is 4.79 Å². The van der Waals surface area contributed by atoms with E-state index in [0.717, 1.165) is 45.3 Å². The Bertz CT molecular complexity index is 544. The molecular weight excluding hydrogens is 332 g/mol. The zero-order valence-corrected chi connectivity index (χ0v) is 16.5. The second kappa shape index (κ2) is 9.05. The van der Waals surface area contributed by atoms with Gasteiger partial charge < -0.3 is 10.6 Å². The van der Waals surface area contributed by atoms with Crippen LogP contribution in [-0.4, -0.2) is 25.5 Å². The van der Waals surface area contributed by atoms with E-state index in [2.05, 4.69) is 48.7 Å². The van der Waals surface area contributed by atoms with Crippen molar-refractivity contribution in [1.82, 2.24) is 10.6 Å². The van der Waals surface area contributed by atoms with Crippen molar-refractivity contribution in [3.63, 3.8) is 0 Å². The highest BCUT2D eigenvalue weighted by molar-refractivity contribution is 5.88. The number of benzene rings is 1. The van der Waals surface area contributed by atoms with Gasteiger partial charge in [0.25, 0.3) is 0 Å². The zero-order valence-electron chi connectivity index (χ0n) is 15.6. The minimum absolute atomic E-state index is 0. The molecule has 1 aliphatic carbocycles. The van der Waals surface area contributed by atoms with E-state index in [4.69, 9.17) is 0 Å². The van der Waals surface area contributed by atoms with E-state index < -0.39 is 0 Å². The minimum atomic E-state index is -0.294. The summed E-state index contributed by atoms with van der Waals surface area (Å²) in [5, 5.41) is 6.73. The van der Waals surface area contributed by atoms with Gasteiger partial charge in [0.05, 0.1) is 5.41 Å². The van der Waals surface area contributed by atoms with Crippen LogP contribution in [0.5, 0.6) is 0 Å². The third-order valence-electron chi connectivity index (χ3n) is 5.97. The summed E-state index contributed by atoms with van der Waals surface area (Å²) in [5.74, 6) is 1.37. The van der Waals surface area contributed by atoms with E-state index in [9.17, 15) is 4.79 Å². The molecule has 140 valence electrons. The van der Waals surface area contributed by atoms with E-state index >= 15 is 0 Å². The van der Waals surface area contributed by atoms with Crippen molar-refractivity contribution in [3.05, 3.63) is 35.4 Å². The number of carbonyl (C=O) groups is 1. The minimum Gasteiger partial charge on any atom is -0.355 e. The Morgan fingerprint density at radius 2 is 1.88 bits per heavy atom. The summed E-state index contributed by atoms with van der Waals surface area (Å²) < 4.78 is 0. The smallest absolute Gasteiger partial charge is 0.230 e. The van der Waals surface area contributed by atoms with Crippen molar-refractivity contribution >= 4 is 18.3 Å². The summed E-state index contributed by atoms with van der Waals surface area (Å²) in [5.41, 5.74) is 2.27. The summed E-state index contributed by atoms with van der Waals surface area (Å²) in [6.45, 7) is 7.40. The van der Waals surface area contributed by atoms with E-state index in [1.165, 1.54) is 24.0 Å². The third-order valence-corrected chi connectivity index (χ3v) is 5.97. The number of amides is 1. The van der Waals surface area contributed by atoms with Crippen molar-refractivity contribution in [1.29, 1.82) is 0 Å². The molecule has 0 spiro atoms. The molecule has 4 heteroatoms. The Labute approximate surface area is 158 Å². The molecule has 3 rings (SSSR count). The maximum Gasteiger partial charge on any atom is 0.230 e. The van der Waals surface area contributed by atoms with Crippen LogP contribution in [0, 0.1) is 5.92 Å². The number of piperidine rings is 1. The molecule has 0 bridgehead atoms. The zero-order chi connectivity index (χ0) is 17.0. The van der Waals surface area contributed by atoms with Crippen LogP contribution in [0.15, 0.2) is 24.3 Å². The number of carbonyl (C=O) groups excluding carboxylic acids is 1.